The van der Waals surface area contributed by atoms with Gasteiger partial charge >= 0.3 is 0 Å². The quantitative estimate of drug-likeness (QED) is 0.890. The molecule has 1 heterocycles. The van der Waals surface area contributed by atoms with Gasteiger partial charge in [0.1, 0.15) is 11.8 Å². The molecule has 1 saturated heterocycles. The van der Waals surface area contributed by atoms with Crippen LogP contribution >= 0.6 is 12.4 Å². The fourth-order valence-corrected chi connectivity index (χ4v) is 2.05. The van der Waals surface area contributed by atoms with Gasteiger partial charge in [-0.15, -0.1) is 12.4 Å². The lowest BCUT2D eigenvalue weighted by atomic mass is 10.1. The Morgan fingerprint density at radius 1 is 1.45 bits per heavy atom. The lowest BCUT2D eigenvalue weighted by molar-refractivity contribution is -0.123. The molecule has 0 aromatic heterocycles. The summed E-state index contributed by atoms with van der Waals surface area (Å²) in [6.07, 6.45) is -0.114. The number of morpholine rings is 1. The van der Waals surface area contributed by atoms with Crippen LogP contribution in [0.2, 0.25) is 0 Å². The Balaban J connectivity index is 0.00000200. The van der Waals surface area contributed by atoms with E-state index in [-0.39, 0.29) is 30.5 Å². The number of carbonyl (C=O) groups is 1. The lowest BCUT2D eigenvalue weighted by Crippen LogP contribution is -2.53. The Hall–Kier alpha value is -1.30. The first-order chi connectivity index (χ1) is 9.20. The highest BCUT2D eigenvalue weighted by Crippen LogP contribution is 2.16. The number of anilines is 1. The molecule has 20 heavy (non-hydrogen) atoms. The van der Waals surface area contributed by atoms with Crippen molar-refractivity contribution >= 4 is 24.0 Å². The minimum atomic E-state index is -0.305. The maximum absolute atomic E-state index is 12.1. The summed E-state index contributed by atoms with van der Waals surface area (Å²) in [6.45, 7) is 5.81. The van der Waals surface area contributed by atoms with Gasteiger partial charge in [-0.3, -0.25) is 4.79 Å². The molecule has 2 atom stereocenters. The zero-order valence-corrected chi connectivity index (χ0v) is 12.5. The van der Waals surface area contributed by atoms with Gasteiger partial charge in [0, 0.05) is 12.2 Å². The van der Waals surface area contributed by atoms with Crippen molar-refractivity contribution in [3.8, 4) is 5.75 Å². The van der Waals surface area contributed by atoms with E-state index in [9.17, 15) is 4.79 Å². The maximum Gasteiger partial charge on any atom is 0.244 e. The summed E-state index contributed by atoms with van der Waals surface area (Å²) < 4.78 is 10.8. The van der Waals surface area contributed by atoms with Crippen molar-refractivity contribution in [3.63, 3.8) is 0 Å². The molecular weight excluding hydrogens is 280 g/mol. The Bertz CT molecular complexity index is 425. The number of hydrogen-bond acceptors (Lipinski definition) is 4. The van der Waals surface area contributed by atoms with Crippen LogP contribution in [0.5, 0.6) is 5.75 Å². The highest BCUT2D eigenvalue weighted by Gasteiger charge is 2.28. The summed E-state index contributed by atoms with van der Waals surface area (Å²) in [5, 5.41) is 6.03. The number of hydrogen-bond donors (Lipinski definition) is 2. The number of halogens is 1. The van der Waals surface area contributed by atoms with Gasteiger partial charge in [0.05, 0.1) is 19.3 Å². The van der Waals surface area contributed by atoms with Gasteiger partial charge in [0.25, 0.3) is 0 Å². The van der Waals surface area contributed by atoms with Crippen molar-refractivity contribution in [3.05, 3.63) is 24.3 Å². The van der Waals surface area contributed by atoms with Crippen molar-refractivity contribution in [1.29, 1.82) is 0 Å². The van der Waals surface area contributed by atoms with E-state index in [1.165, 1.54) is 0 Å². The first-order valence-corrected chi connectivity index (χ1v) is 6.59. The first-order valence-electron chi connectivity index (χ1n) is 6.59. The third kappa shape index (κ3) is 4.37. The molecule has 112 valence electrons. The minimum absolute atomic E-state index is 0. The molecule has 0 spiro atoms. The molecule has 0 unspecified atom stereocenters. The number of ether oxygens (including phenoxy) is 2. The fraction of sp³-hybridized carbons (Fsp3) is 0.500. The van der Waals surface area contributed by atoms with Crippen LogP contribution < -0.4 is 15.4 Å². The molecule has 1 fully saturated rings. The number of nitrogens with one attached hydrogen (secondary N) is 2. The molecule has 1 aliphatic heterocycles. The van der Waals surface area contributed by atoms with Crippen LogP contribution in [0.15, 0.2) is 24.3 Å². The van der Waals surface area contributed by atoms with Gasteiger partial charge in [-0.25, -0.2) is 0 Å². The fourth-order valence-electron chi connectivity index (χ4n) is 2.05. The SMILES string of the molecule is CCOc1ccc(NC(=O)[C@H]2NCCO[C@@H]2C)cc1.Cl. The average Bonchev–Trinajstić information content (AvgIpc) is 2.42. The molecule has 0 radical (unpaired) electrons. The highest BCUT2D eigenvalue weighted by atomic mass is 35.5. The van der Waals surface area contributed by atoms with Crippen molar-refractivity contribution in [2.24, 2.45) is 0 Å². The second kappa shape index (κ2) is 8.09. The number of benzene rings is 1. The molecule has 0 aliphatic carbocycles. The van der Waals surface area contributed by atoms with Gasteiger partial charge in [-0.1, -0.05) is 0 Å². The third-order valence-electron chi connectivity index (χ3n) is 3.03. The van der Waals surface area contributed by atoms with E-state index in [1.807, 2.05) is 38.1 Å². The molecule has 2 N–H and O–H groups in total. The summed E-state index contributed by atoms with van der Waals surface area (Å²) >= 11 is 0. The maximum atomic E-state index is 12.1. The van der Waals surface area contributed by atoms with Crippen LogP contribution in [0.4, 0.5) is 5.69 Å². The summed E-state index contributed by atoms with van der Waals surface area (Å²) in [7, 11) is 0. The largest absolute Gasteiger partial charge is 0.494 e. The number of amides is 1. The topological polar surface area (TPSA) is 59.6 Å². The molecule has 6 heteroatoms. The zero-order chi connectivity index (χ0) is 13.7. The molecular formula is C14H21ClN2O3. The molecule has 1 aliphatic rings. The van der Waals surface area contributed by atoms with E-state index in [0.717, 1.165) is 11.4 Å². The first kappa shape index (κ1) is 16.8. The number of carbonyl (C=O) groups excluding carboxylic acids is 1. The minimum Gasteiger partial charge on any atom is -0.494 e. The van der Waals surface area contributed by atoms with E-state index in [2.05, 4.69) is 10.6 Å². The van der Waals surface area contributed by atoms with E-state index >= 15 is 0 Å². The van der Waals surface area contributed by atoms with Crippen molar-refractivity contribution < 1.29 is 14.3 Å². The lowest BCUT2D eigenvalue weighted by Gasteiger charge is -2.29. The molecule has 5 nitrogen and oxygen atoms in total. The van der Waals surface area contributed by atoms with E-state index < -0.39 is 0 Å². The Kier molecular flexibility index (Phi) is 6.78. The average molecular weight is 301 g/mol. The van der Waals surface area contributed by atoms with Crippen LogP contribution in [0.1, 0.15) is 13.8 Å². The predicted molar refractivity (Wildman–Crippen MR) is 80.7 cm³/mol. The third-order valence-corrected chi connectivity index (χ3v) is 3.03. The normalized spacial score (nSPS) is 21.7. The standard InChI is InChI=1S/C14H20N2O3.ClH/c1-3-18-12-6-4-11(5-7-12)16-14(17)13-10(2)19-9-8-15-13;/h4-7,10,13,15H,3,8-9H2,1-2H3,(H,16,17);1H/t10-,13+;/m1./s1. The Morgan fingerprint density at radius 3 is 2.75 bits per heavy atom. The van der Waals surface area contributed by atoms with Gasteiger partial charge in [-0.2, -0.15) is 0 Å². The molecule has 1 aromatic carbocycles. The second-order valence-electron chi connectivity index (χ2n) is 4.45. The summed E-state index contributed by atoms with van der Waals surface area (Å²) in [6, 6.07) is 7.04. The Labute approximate surface area is 125 Å². The van der Waals surface area contributed by atoms with Gasteiger partial charge in [-0.05, 0) is 38.1 Å². The highest BCUT2D eigenvalue weighted by molar-refractivity contribution is 5.95. The van der Waals surface area contributed by atoms with Gasteiger partial charge < -0.3 is 20.1 Å². The molecule has 0 bridgehead atoms. The van der Waals surface area contributed by atoms with Gasteiger partial charge in [0.2, 0.25) is 5.91 Å². The molecule has 1 amide bonds. The predicted octanol–water partition coefficient (Wildman–Crippen LogP) is 1.82. The van der Waals surface area contributed by atoms with Crippen LogP contribution in [-0.4, -0.2) is 37.8 Å². The summed E-state index contributed by atoms with van der Waals surface area (Å²) in [5.74, 6) is 0.726. The van der Waals surface area contributed by atoms with Crippen LogP contribution in [0, 0.1) is 0 Å². The van der Waals surface area contributed by atoms with Crippen LogP contribution in [0.25, 0.3) is 0 Å². The smallest absolute Gasteiger partial charge is 0.244 e. The van der Waals surface area contributed by atoms with E-state index in [4.69, 9.17) is 9.47 Å². The summed E-state index contributed by atoms with van der Waals surface area (Å²) in [5.41, 5.74) is 0.757. The van der Waals surface area contributed by atoms with Crippen molar-refractivity contribution in [2.45, 2.75) is 26.0 Å². The van der Waals surface area contributed by atoms with Crippen molar-refractivity contribution in [2.75, 3.05) is 25.1 Å². The monoisotopic (exact) mass is 300 g/mol. The summed E-state index contributed by atoms with van der Waals surface area (Å²) in [4.78, 5) is 12.1. The number of rotatable bonds is 4. The van der Waals surface area contributed by atoms with Gasteiger partial charge in [0.15, 0.2) is 0 Å². The Morgan fingerprint density at radius 2 is 2.15 bits per heavy atom. The molecule has 1 aromatic rings. The van der Waals surface area contributed by atoms with Crippen molar-refractivity contribution in [1.82, 2.24) is 5.32 Å². The van der Waals surface area contributed by atoms with Crippen LogP contribution in [-0.2, 0) is 9.53 Å². The van der Waals surface area contributed by atoms with Crippen LogP contribution in [0.3, 0.4) is 0 Å². The van der Waals surface area contributed by atoms with E-state index in [1.54, 1.807) is 0 Å². The second-order valence-corrected chi connectivity index (χ2v) is 4.45. The molecule has 0 saturated carbocycles. The molecule has 2 rings (SSSR count). The zero-order valence-electron chi connectivity index (χ0n) is 11.7. The van der Waals surface area contributed by atoms with E-state index in [0.29, 0.717) is 19.8 Å².